The molecule has 0 aliphatic heterocycles. The molecule has 1 rings (SSSR count). The van der Waals surface area contributed by atoms with Gasteiger partial charge >= 0.3 is 5.97 Å². The summed E-state index contributed by atoms with van der Waals surface area (Å²) in [5.41, 5.74) is 16.4. The first-order chi connectivity index (χ1) is 17.7. The van der Waals surface area contributed by atoms with Crippen molar-refractivity contribution in [3.8, 4) is 5.75 Å². The van der Waals surface area contributed by atoms with Crippen LogP contribution in [0.2, 0.25) is 0 Å². The Labute approximate surface area is 219 Å². The zero-order chi connectivity index (χ0) is 29.0. The van der Waals surface area contributed by atoms with E-state index in [4.69, 9.17) is 17.2 Å². The van der Waals surface area contributed by atoms with Crippen molar-refractivity contribution in [2.75, 3.05) is 0 Å². The Bertz CT molecular complexity index is 1020. The van der Waals surface area contributed by atoms with E-state index in [2.05, 4.69) is 16.0 Å². The van der Waals surface area contributed by atoms with Gasteiger partial charge in [0, 0.05) is 12.8 Å². The van der Waals surface area contributed by atoms with E-state index in [0.717, 1.165) is 0 Å². The van der Waals surface area contributed by atoms with Crippen molar-refractivity contribution in [3.63, 3.8) is 0 Å². The maximum Gasteiger partial charge on any atom is 0.326 e. The molecule has 38 heavy (non-hydrogen) atoms. The van der Waals surface area contributed by atoms with Crippen LogP contribution in [0.1, 0.15) is 45.1 Å². The highest BCUT2D eigenvalue weighted by atomic mass is 16.4. The molecule has 5 unspecified atom stereocenters. The highest BCUT2D eigenvalue weighted by Crippen LogP contribution is 2.13. The molecule has 14 heteroatoms. The van der Waals surface area contributed by atoms with Crippen LogP contribution in [0, 0.1) is 5.92 Å². The predicted molar refractivity (Wildman–Crippen MR) is 135 cm³/mol. The Morgan fingerprint density at radius 2 is 1.45 bits per heavy atom. The highest BCUT2D eigenvalue weighted by molar-refractivity contribution is 5.95. The summed E-state index contributed by atoms with van der Waals surface area (Å²) in [4.78, 5) is 72.7. The van der Waals surface area contributed by atoms with Gasteiger partial charge < -0.3 is 43.4 Å². The van der Waals surface area contributed by atoms with Crippen molar-refractivity contribution in [1.29, 1.82) is 0 Å². The summed E-state index contributed by atoms with van der Waals surface area (Å²) in [7, 11) is 0. The van der Waals surface area contributed by atoms with Crippen LogP contribution >= 0.6 is 0 Å². The number of nitrogens with one attached hydrogen (secondary N) is 3. The second kappa shape index (κ2) is 15.1. The zero-order valence-electron chi connectivity index (χ0n) is 21.3. The fraction of sp³-hybridized carbons (Fsp3) is 0.500. The molecule has 0 saturated carbocycles. The van der Waals surface area contributed by atoms with E-state index in [-0.39, 0.29) is 25.0 Å². The summed E-state index contributed by atoms with van der Waals surface area (Å²) >= 11 is 0. The summed E-state index contributed by atoms with van der Waals surface area (Å²) in [6.45, 7) is 3.43. The summed E-state index contributed by atoms with van der Waals surface area (Å²) in [6, 6.07) is 0.582. The molecule has 5 atom stereocenters. The number of nitrogens with two attached hydrogens (primary N) is 3. The van der Waals surface area contributed by atoms with Crippen molar-refractivity contribution >= 4 is 35.5 Å². The second-order valence-electron chi connectivity index (χ2n) is 8.98. The SMILES string of the molecule is CCC(C)C(NC(=O)C(CCC(N)=O)NC(=O)C(N)CC(N)=O)C(=O)NC(Cc1ccc(O)cc1)C(=O)O. The Morgan fingerprint density at radius 3 is 1.95 bits per heavy atom. The van der Waals surface area contributed by atoms with Gasteiger partial charge in [-0.05, 0) is 30.0 Å². The van der Waals surface area contributed by atoms with Crippen molar-refractivity contribution in [1.82, 2.24) is 16.0 Å². The number of hydrogen-bond acceptors (Lipinski definition) is 8. The van der Waals surface area contributed by atoms with Crippen LogP contribution in [0.25, 0.3) is 0 Å². The van der Waals surface area contributed by atoms with Gasteiger partial charge in [0.25, 0.3) is 0 Å². The molecule has 0 saturated heterocycles. The van der Waals surface area contributed by atoms with Gasteiger partial charge in [0.2, 0.25) is 29.5 Å². The smallest absolute Gasteiger partial charge is 0.326 e. The number of carbonyl (C=O) groups excluding carboxylic acids is 5. The predicted octanol–water partition coefficient (Wildman–Crippen LogP) is -2.01. The average Bonchev–Trinajstić information content (AvgIpc) is 2.84. The number of hydrogen-bond donors (Lipinski definition) is 8. The van der Waals surface area contributed by atoms with Gasteiger partial charge in [0.15, 0.2) is 0 Å². The first-order valence-electron chi connectivity index (χ1n) is 12.0. The molecule has 14 nitrogen and oxygen atoms in total. The van der Waals surface area contributed by atoms with Crippen LogP contribution in [0.15, 0.2) is 24.3 Å². The topological polar surface area (TPSA) is 257 Å². The lowest BCUT2D eigenvalue weighted by molar-refractivity contribution is -0.142. The fourth-order valence-electron chi connectivity index (χ4n) is 3.43. The van der Waals surface area contributed by atoms with E-state index in [1.54, 1.807) is 13.8 Å². The van der Waals surface area contributed by atoms with E-state index in [1.165, 1.54) is 24.3 Å². The van der Waals surface area contributed by atoms with Gasteiger partial charge in [-0.3, -0.25) is 24.0 Å². The number of carbonyl (C=O) groups is 6. The number of rotatable bonds is 16. The van der Waals surface area contributed by atoms with Gasteiger partial charge in [-0.25, -0.2) is 4.79 Å². The van der Waals surface area contributed by atoms with Crippen molar-refractivity contribution < 1.29 is 39.0 Å². The number of carboxylic acids is 1. The molecule has 0 aliphatic carbocycles. The van der Waals surface area contributed by atoms with Crippen LogP contribution in [0.4, 0.5) is 0 Å². The molecule has 1 aromatic rings. The normalized spacial score (nSPS) is 14.7. The standard InChI is InChI=1S/C24H36N6O8/c1-3-12(2)20(23(36)29-17(24(37)38)10-13-4-6-14(31)7-5-13)30-22(35)16(8-9-18(26)32)28-21(34)15(25)11-19(27)33/h4-7,12,15-17,20,31H,3,8-11,25H2,1-2H3,(H2,26,32)(H2,27,33)(H,28,34)(H,29,36)(H,30,35)(H,37,38). The zero-order valence-corrected chi connectivity index (χ0v) is 21.3. The Balaban J connectivity index is 3.07. The summed E-state index contributed by atoms with van der Waals surface area (Å²) in [5.74, 6) is -5.83. The van der Waals surface area contributed by atoms with E-state index in [9.17, 15) is 39.0 Å². The quantitative estimate of drug-likeness (QED) is 0.116. The lowest BCUT2D eigenvalue weighted by atomic mass is 9.96. The van der Waals surface area contributed by atoms with E-state index < -0.39 is 72.0 Å². The number of phenols is 1. The minimum Gasteiger partial charge on any atom is -0.508 e. The first-order valence-corrected chi connectivity index (χ1v) is 12.0. The molecule has 1 aromatic carbocycles. The Hall–Kier alpha value is -4.20. The van der Waals surface area contributed by atoms with Crippen LogP contribution in [-0.2, 0) is 35.2 Å². The van der Waals surface area contributed by atoms with Crippen molar-refractivity contribution in [3.05, 3.63) is 29.8 Å². The van der Waals surface area contributed by atoms with Gasteiger partial charge in [-0.1, -0.05) is 32.4 Å². The first kappa shape index (κ1) is 31.8. The van der Waals surface area contributed by atoms with Crippen molar-refractivity contribution in [2.24, 2.45) is 23.1 Å². The molecule has 0 bridgehead atoms. The van der Waals surface area contributed by atoms with E-state index >= 15 is 0 Å². The molecule has 0 aliphatic rings. The number of phenolic OH excluding ortho intramolecular Hbond substituents is 1. The molecule has 0 fully saturated rings. The molecular formula is C24H36N6O8. The third kappa shape index (κ3) is 10.8. The molecule has 0 spiro atoms. The third-order valence-corrected chi connectivity index (χ3v) is 5.85. The molecule has 210 valence electrons. The maximum absolute atomic E-state index is 13.1. The third-order valence-electron chi connectivity index (χ3n) is 5.85. The van der Waals surface area contributed by atoms with Gasteiger partial charge in [-0.2, -0.15) is 0 Å². The Kier molecular flexibility index (Phi) is 12.7. The minimum atomic E-state index is -1.35. The molecule has 11 N–H and O–H groups in total. The molecule has 0 aromatic heterocycles. The Morgan fingerprint density at radius 1 is 0.868 bits per heavy atom. The van der Waals surface area contributed by atoms with Gasteiger partial charge in [-0.15, -0.1) is 0 Å². The molecule has 0 radical (unpaired) electrons. The maximum atomic E-state index is 13.1. The fourth-order valence-corrected chi connectivity index (χ4v) is 3.43. The molecule has 0 heterocycles. The molecular weight excluding hydrogens is 500 g/mol. The molecule has 5 amide bonds. The summed E-state index contributed by atoms with van der Waals surface area (Å²) in [6.07, 6.45) is -0.639. The minimum absolute atomic E-state index is 0.00206. The second-order valence-corrected chi connectivity index (χ2v) is 8.98. The van der Waals surface area contributed by atoms with Gasteiger partial charge in [0.05, 0.1) is 12.5 Å². The number of benzene rings is 1. The van der Waals surface area contributed by atoms with E-state index in [1.807, 2.05) is 0 Å². The summed E-state index contributed by atoms with van der Waals surface area (Å²) in [5, 5.41) is 26.3. The monoisotopic (exact) mass is 536 g/mol. The number of aromatic hydroxyl groups is 1. The van der Waals surface area contributed by atoms with Crippen LogP contribution < -0.4 is 33.2 Å². The number of primary amides is 2. The summed E-state index contributed by atoms with van der Waals surface area (Å²) < 4.78 is 0. The van der Waals surface area contributed by atoms with Crippen LogP contribution in [0.5, 0.6) is 5.75 Å². The lowest BCUT2D eigenvalue weighted by Gasteiger charge is -2.28. The van der Waals surface area contributed by atoms with Crippen LogP contribution in [-0.4, -0.2) is 69.9 Å². The lowest BCUT2D eigenvalue weighted by Crippen LogP contribution is -2.59. The van der Waals surface area contributed by atoms with E-state index in [0.29, 0.717) is 12.0 Å². The van der Waals surface area contributed by atoms with Crippen molar-refractivity contribution in [2.45, 2.75) is 70.1 Å². The number of amides is 5. The number of carboxylic acid groups (broad SMARTS) is 1. The number of aliphatic carboxylic acids is 1. The average molecular weight is 537 g/mol. The van der Waals surface area contributed by atoms with Gasteiger partial charge in [0.1, 0.15) is 23.9 Å². The van der Waals surface area contributed by atoms with Crippen LogP contribution in [0.3, 0.4) is 0 Å². The largest absolute Gasteiger partial charge is 0.508 e. The highest BCUT2D eigenvalue weighted by Gasteiger charge is 2.33.